The van der Waals surface area contributed by atoms with E-state index in [0.717, 1.165) is 38.6 Å². The molecule has 0 bridgehead atoms. The third-order valence-corrected chi connectivity index (χ3v) is 6.63. The van der Waals surface area contributed by atoms with Crippen molar-refractivity contribution in [2.75, 3.05) is 7.11 Å². The Labute approximate surface area is 194 Å². The third kappa shape index (κ3) is 3.68. The number of ether oxygens (including phenoxy) is 1. The summed E-state index contributed by atoms with van der Waals surface area (Å²) < 4.78 is 7.31. The molecule has 3 aromatic heterocycles. The number of hydrogen-bond donors (Lipinski definition) is 0. The van der Waals surface area contributed by atoms with E-state index in [1.165, 1.54) is 21.5 Å². The first-order chi connectivity index (χ1) is 16.0. The van der Waals surface area contributed by atoms with Crippen LogP contribution >= 0.6 is 11.3 Å². The Balaban J connectivity index is 1.64. The van der Waals surface area contributed by atoms with Gasteiger partial charge >= 0.3 is 0 Å². The molecular formula is C25H21N5O2S. The zero-order chi connectivity index (χ0) is 23.1. The van der Waals surface area contributed by atoms with Crippen LogP contribution in [0.4, 0.5) is 11.4 Å². The lowest BCUT2D eigenvalue weighted by Gasteiger charge is -2.07. The van der Waals surface area contributed by atoms with Crippen LogP contribution in [0.5, 0.6) is 5.75 Å². The second-order valence-electron chi connectivity index (χ2n) is 7.78. The van der Waals surface area contributed by atoms with E-state index in [-0.39, 0.29) is 5.56 Å². The number of azo groups is 1. The van der Waals surface area contributed by atoms with Crippen molar-refractivity contribution in [1.82, 2.24) is 14.5 Å². The highest BCUT2D eigenvalue weighted by molar-refractivity contribution is 7.25. The maximum Gasteiger partial charge on any atom is 0.275 e. The van der Waals surface area contributed by atoms with Crippen molar-refractivity contribution in [3.63, 3.8) is 0 Å². The molecule has 0 saturated carbocycles. The molecule has 5 rings (SSSR count). The van der Waals surface area contributed by atoms with Gasteiger partial charge in [-0.05, 0) is 62.7 Å². The highest BCUT2D eigenvalue weighted by Gasteiger charge is 2.18. The van der Waals surface area contributed by atoms with E-state index in [0.29, 0.717) is 15.9 Å². The number of rotatable bonds is 4. The summed E-state index contributed by atoms with van der Waals surface area (Å²) in [4.78, 5) is 23.4. The summed E-state index contributed by atoms with van der Waals surface area (Å²) in [7, 11) is 1.61. The van der Waals surface area contributed by atoms with Crippen molar-refractivity contribution >= 4 is 43.1 Å². The zero-order valence-corrected chi connectivity index (χ0v) is 19.5. The average Bonchev–Trinajstić information content (AvgIpc) is 3.20. The summed E-state index contributed by atoms with van der Waals surface area (Å²) in [5, 5.41) is 9.72. The molecule has 5 aromatic rings. The van der Waals surface area contributed by atoms with E-state index >= 15 is 0 Å². The lowest BCUT2D eigenvalue weighted by Crippen LogP contribution is -2.17. The molecule has 0 radical (unpaired) electrons. The van der Waals surface area contributed by atoms with Crippen molar-refractivity contribution in [2.45, 2.75) is 20.8 Å². The van der Waals surface area contributed by atoms with E-state index in [1.54, 1.807) is 13.4 Å². The second kappa shape index (κ2) is 8.22. The van der Waals surface area contributed by atoms with Crippen LogP contribution in [0.3, 0.4) is 0 Å². The van der Waals surface area contributed by atoms with E-state index in [1.807, 2.05) is 69.3 Å². The summed E-state index contributed by atoms with van der Waals surface area (Å²) in [5.41, 5.74) is 5.54. The molecule has 0 aliphatic carbocycles. The molecule has 0 spiro atoms. The van der Waals surface area contributed by atoms with Gasteiger partial charge in [0, 0.05) is 5.39 Å². The maximum absolute atomic E-state index is 13.3. The quantitative estimate of drug-likeness (QED) is 0.296. The highest BCUT2D eigenvalue weighted by atomic mass is 32.1. The first kappa shape index (κ1) is 21.0. The summed E-state index contributed by atoms with van der Waals surface area (Å²) in [5.74, 6) is 0.727. The number of aromatic nitrogens is 3. The van der Waals surface area contributed by atoms with Gasteiger partial charge < -0.3 is 4.74 Å². The predicted octanol–water partition coefficient (Wildman–Crippen LogP) is 6.34. The van der Waals surface area contributed by atoms with Crippen LogP contribution in [0.1, 0.15) is 16.8 Å². The number of thiophene rings is 1. The number of benzene rings is 2. The molecule has 0 N–H and O–H groups in total. The number of pyridine rings is 1. The summed E-state index contributed by atoms with van der Waals surface area (Å²) in [6.07, 6.45) is 1.56. The lowest BCUT2D eigenvalue weighted by atomic mass is 10.1. The lowest BCUT2D eigenvalue weighted by molar-refractivity contribution is 0.414. The Morgan fingerprint density at radius 2 is 1.70 bits per heavy atom. The first-order valence-corrected chi connectivity index (χ1v) is 11.2. The average molecular weight is 456 g/mol. The van der Waals surface area contributed by atoms with E-state index in [9.17, 15) is 4.79 Å². The van der Waals surface area contributed by atoms with Gasteiger partial charge in [0.15, 0.2) is 0 Å². The van der Waals surface area contributed by atoms with Crippen LogP contribution in [0, 0.1) is 20.8 Å². The molecule has 0 fully saturated rings. The van der Waals surface area contributed by atoms with Crippen LogP contribution in [0.25, 0.3) is 26.1 Å². The number of aryl methyl sites for hydroxylation is 3. The molecule has 0 amide bonds. The fourth-order valence-electron chi connectivity index (χ4n) is 3.76. The van der Waals surface area contributed by atoms with Gasteiger partial charge in [-0.1, -0.05) is 17.7 Å². The van der Waals surface area contributed by atoms with Gasteiger partial charge in [-0.15, -0.1) is 16.5 Å². The van der Waals surface area contributed by atoms with Crippen molar-refractivity contribution < 1.29 is 4.74 Å². The van der Waals surface area contributed by atoms with E-state index < -0.39 is 0 Å². The molecule has 0 saturated heterocycles. The molecule has 2 aromatic carbocycles. The minimum absolute atomic E-state index is 0.131. The normalized spacial score (nSPS) is 11.6. The maximum atomic E-state index is 13.3. The fraction of sp³-hybridized carbons (Fsp3) is 0.160. The van der Waals surface area contributed by atoms with E-state index in [2.05, 4.69) is 15.2 Å². The minimum atomic E-state index is -0.131. The van der Waals surface area contributed by atoms with Gasteiger partial charge in [-0.2, -0.15) is 5.11 Å². The van der Waals surface area contributed by atoms with Crippen molar-refractivity contribution in [1.29, 1.82) is 0 Å². The smallest absolute Gasteiger partial charge is 0.275 e. The highest BCUT2D eigenvalue weighted by Crippen LogP contribution is 2.37. The predicted molar refractivity (Wildman–Crippen MR) is 132 cm³/mol. The molecule has 33 heavy (non-hydrogen) atoms. The Morgan fingerprint density at radius 1 is 0.970 bits per heavy atom. The van der Waals surface area contributed by atoms with Crippen molar-refractivity contribution in [3.8, 4) is 11.4 Å². The Bertz CT molecular complexity index is 1580. The summed E-state index contributed by atoms with van der Waals surface area (Å²) >= 11 is 1.35. The molecule has 8 heteroatoms. The number of hydrogen-bond acceptors (Lipinski definition) is 7. The molecule has 7 nitrogen and oxygen atoms in total. The minimum Gasteiger partial charge on any atom is -0.497 e. The Hall–Kier alpha value is -3.91. The molecule has 0 aliphatic rings. The SMILES string of the molecule is COc1ccc(-n2cnc3c(sc4nc(C)c(N=Nc5ccc(C)cc5)c(C)c43)c2=O)cc1. The standard InChI is InChI=1S/C25H21N5O2S/c1-14-5-7-17(8-6-14)28-29-21-15(2)20-22-23(33-24(20)27-16(21)3)25(31)30(13-26-22)18-9-11-19(32-4)12-10-18/h5-13H,1-4H3. The van der Waals surface area contributed by atoms with Gasteiger partial charge in [0.25, 0.3) is 5.56 Å². The van der Waals surface area contributed by atoms with Crippen LogP contribution in [0.15, 0.2) is 69.9 Å². The number of fused-ring (bicyclic) bond motifs is 3. The molecule has 0 aliphatic heterocycles. The van der Waals surface area contributed by atoms with Crippen molar-refractivity contribution in [3.05, 3.63) is 82.0 Å². The monoisotopic (exact) mass is 455 g/mol. The zero-order valence-electron chi connectivity index (χ0n) is 18.7. The number of methoxy groups -OCH3 is 1. The summed E-state index contributed by atoms with van der Waals surface area (Å²) in [6, 6.07) is 15.2. The van der Waals surface area contributed by atoms with Gasteiger partial charge in [0.1, 0.15) is 27.3 Å². The van der Waals surface area contributed by atoms with Gasteiger partial charge in [0.05, 0.1) is 29.7 Å². The molecular weight excluding hydrogens is 434 g/mol. The van der Waals surface area contributed by atoms with E-state index in [4.69, 9.17) is 9.72 Å². The van der Waals surface area contributed by atoms with Crippen LogP contribution in [-0.2, 0) is 0 Å². The topological polar surface area (TPSA) is 81.7 Å². The van der Waals surface area contributed by atoms with Crippen LogP contribution in [-0.4, -0.2) is 21.6 Å². The first-order valence-electron chi connectivity index (χ1n) is 10.4. The summed E-state index contributed by atoms with van der Waals surface area (Å²) in [6.45, 7) is 5.91. The largest absolute Gasteiger partial charge is 0.497 e. The molecule has 3 heterocycles. The second-order valence-corrected chi connectivity index (χ2v) is 8.78. The third-order valence-electron chi connectivity index (χ3n) is 5.57. The number of nitrogens with zero attached hydrogens (tertiary/aromatic N) is 5. The molecule has 164 valence electrons. The fourth-order valence-corrected chi connectivity index (χ4v) is 4.93. The molecule has 0 unspecified atom stereocenters. The van der Waals surface area contributed by atoms with Gasteiger partial charge in [-0.3, -0.25) is 9.36 Å². The Kier molecular flexibility index (Phi) is 5.22. The van der Waals surface area contributed by atoms with Gasteiger partial charge in [-0.25, -0.2) is 9.97 Å². The van der Waals surface area contributed by atoms with Crippen molar-refractivity contribution in [2.24, 2.45) is 10.2 Å². The van der Waals surface area contributed by atoms with Gasteiger partial charge in [0.2, 0.25) is 0 Å². The van der Waals surface area contributed by atoms with Crippen LogP contribution < -0.4 is 10.3 Å². The van der Waals surface area contributed by atoms with Crippen LogP contribution in [0.2, 0.25) is 0 Å². The Morgan fingerprint density at radius 3 is 2.39 bits per heavy atom. The molecule has 0 atom stereocenters.